The van der Waals surface area contributed by atoms with Gasteiger partial charge in [0.1, 0.15) is 19.3 Å². The van der Waals surface area contributed by atoms with Crippen LogP contribution in [0, 0.1) is 0 Å². The number of rotatable bonds is 11. The Morgan fingerprint density at radius 2 is 1.59 bits per heavy atom. The van der Waals surface area contributed by atoms with Crippen LogP contribution < -0.4 is 4.74 Å². The summed E-state index contributed by atoms with van der Waals surface area (Å²) < 4.78 is 37.3. The van der Waals surface area contributed by atoms with E-state index in [0.717, 1.165) is 25.5 Å². The fraction of sp³-hybridized carbons (Fsp3) is 0.393. The molecule has 0 radical (unpaired) electrons. The first-order chi connectivity index (χ1) is 19.5. The maximum atomic E-state index is 12.5. The first-order valence-corrected chi connectivity index (χ1v) is 12.5. The van der Waals surface area contributed by atoms with Crippen molar-refractivity contribution in [3.8, 4) is 11.5 Å². The minimum atomic E-state index is -1.46. The standard InChI is InChI=1S/C28H30O13/c1-16(29)35-14-21-12-24(40-25(33)15-36-17(2)30)26(38-18(3)31)28(39-21)41-23-10-9-20(11-22(23)32)27(34)37-13-19-7-5-4-6-8-19/h4-11,21,24,26,28,32H,12-15H2,1-3H3/t21-,24-,26+,28-/m1/s1. The largest absolute Gasteiger partial charge is 0.504 e. The second kappa shape index (κ2) is 14.7. The minimum absolute atomic E-state index is 0.0277. The van der Waals surface area contributed by atoms with Gasteiger partial charge in [-0.2, -0.15) is 0 Å². The molecule has 2 aromatic rings. The number of hydrogen-bond donors (Lipinski definition) is 1. The van der Waals surface area contributed by atoms with Gasteiger partial charge in [-0.3, -0.25) is 14.4 Å². The van der Waals surface area contributed by atoms with E-state index in [1.54, 1.807) is 24.3 Å². The molecule has 41 heavy (non-hydrogen) atoms. The van der Waals surface area contributed by atoms with Crippen LogP contribution in [0.2, 0.25) is 0 Å². The second-order valence-corrected chi connectivity index (χ2v) is 8.91. The van der Waals surface area contributed by atoms with E-state index >= 15 is 0 Å². The van der Waals surface area contributed by atoms with Gasteiger partial charge in [-0.15, -0.1) is 0 Å². The summed E-state index contributed by atoms with van der Waals surface area (Å²) in [6.07, 6.45) is -4.92. The molecule has 220 valence electrons. The van der Waals surface area contributed by atoms with Gasteiger partial charge in [0.05, 0.1) is 11.7 Å². The Balaban J connectivity index is 1.78. The summed E-state index contributed by atoms with van der Waals surface area (Å²) in [4.78, 5) is 59.1. The molecule has 4 atom stereocenters. The van der Waals surface area contributed by atoms with E-state index in [1.807, 2.05) is 6.07 Å². The fourth-order valence-corrected chi connectivity index (χ4v) is 3.78. The molecule has 1 aliphatic rings. The van der Waals surface area contributed by atoms with Gasteiger partial charge in [-0.1, -0.05) is 30.3 Å². The summed E-state index contributed by atoms with van der Waals surface area (Å²) in [5.74, 6) is -4.31. The monoisotopic (exact) mass is 574 g/mol. The van der Waals surface area contributed by atoms with Crippen LogP contribution in [-0.2, 0) is 54.2 Å². The van der Waals surface area contributed by atoms with E-state index in [9.17, 15) is 29.1 Å². The van der Waals surface area contributed by atoms with Gasteiger partial charge in [0, 0.05) is 27.2 Å². The molecule has 0 amide bonds. The predicted octanol–water partition coefficient (Wildman–Crippen LogP) is 2.21. The average Bonchev–Trinajstić information content (AvgIpc) is 2.92. The lowest BCUT2D eigenvalue weighted by Crippen LogP contribution is -2.55. The molecule has 0 unspecified atom stereocenters. The van der Waals surface area contributed by atoms with Gasteiger partial charge in [0.25, 0.3) is 0 Å². The van der Waals surface area contributed by atoms with Gasteiger partial charge >= 0.3 is 29.8 Å². The molecular weight excluding hydrogens is 544 g/mol. The highest BCUT2D eigenvalue weighted by atomic mass is 16.7. The van der Waals surface area contributed by atoms with Crippen molar-refractivity contribution in [2.24, 2.45) is 0 Å². The van der Waals surface area contributed by atoms with Crippen LogP contribution in [0.3, 0.4) is 0 Å². The summed E-state index contributed by atoms with van der Waals surface area (Å²) in [7, 11) is 0. The number of carbonyl (C=O) groups excluding carboxylic acids is 5. The Kier molecular flexibility index (Phi) is 11.0. The first kappa shape index (κ1) is 30.9. The molecule has 1 aliphatic heterocycles. The van der Waals surface area contributed by atoms with E-state index < -0.39 is 66.8 Å². The lowest BCUT2D eigenvalue weighted by molar-refractivity contribution is -0.255. The summed E-state index contributed by atoms with van der Waals surface area (Å²) in [6.45, 7) is 2.51. The lowest BCUT2D eigenvalue weighted by Gasteiger charge is -2.39. The fourth-order valence-electron chi connectivity index (χ4n) is 3.78. The number of benzene rings is 2. The molecule has 0 aromatic heterocycles. The lowest BCUT2D eigenvalue weighted by atomic mass is 10.0. The Hall–Kier alpha value is -4.65. The van der Waals surface area contributed by atoms with Crippen LogP contribution in [0.4, 0.5) is 0 Å². The molecule has 2 aromatic carbocycles. The van der Waals surface area contributed by atoms with Gasteiger partial charge in [0.15, 0.2) is 18.1 Å². The Bertz CT molecular complexity index is 1240. The number of phenols is 1. The molecule has 13 heteroatoms. The normalized spacial score (nSPS) is 19.8. The zero-order chi connectivity index (χ0) is 29.9. The maximum absolute atomic E-state index is 12.5. The van der Waals surface area contributed by atoms with Crippen LogP contribution in [0.25, 0.3) is 0 Å². The number of aromatic hydroxyl groups is 1. The zero-order valence-corrected chi connectivity index (χ0v) is 22.6. The molecule has 0 spiro atoms. The third-order valence-corrected chi connectivity index (χ3v) is 5.56. The minimum Gasteiger partial charge on any atom is -0.504 e. The summed E-state index contributed by atoms with van der Waals surface area (Å²) in [5.41, 5.74) is 0.819. The number of carbonyl (C=O) groups is 5. The molecule has 1 heterocycles. The summed E-state index contributed by atoms with van der Waals surface area (Å²) in [5, 5.41) is 10.6. The molecule has 1 fully saturated rings. The van der Waals surface area contributed by atoms with Crippen molar-refractivity contribution in [3.63, 3.8) is 0 Å². The van der Waals surface area contributed by atoms with Crippen LogP contribution in [0.5, 0.6) is 11.5 Å². The Morgan fingerprint density at radius 3 is 2.22 bits per heavy atom. The highest BCUT2D eigenvalue weighted by Gasteiger charge is 2.45. The van der Waals surface area contributed by atoms with Gasteiger partial charge in [-0.25, -0.2) is 9.59 Å². The molecule has 0 saturated carbocycles. The smallest absolute Gasteiger partial charge is 0.344 e. The van der Waals surface area contributed by atoms with Crippen molar-refractivity contribution in [1.29, 1.82) is 0 Å². The third kappa shape index (κ3) is 9.80. The topological polar surface area (TPSA) is 170 Å². The van der Waals surface area contributed by atoms with Gasteiger partial charge < -0.3 is 38.3 Å². The van der Waals surface area contributed by atoms with Crippen molar-refractivity contribution in [2.75, 3.05) is 13.2 Å². The molecule has 0 bridgehead atoms. The highest BCUT2D eigenvalue weighted by Crippen LogP contribution is 2.33. The van der Waals surface area contributed by atoms with E-state index in [1.165, 1.54) is 19.1 Å². The van der Waals surface area contributed by atoms with E-state index in [4.69, 9.17) is 28.4 Å². The second-order valence-electron chi connectivity index (χ2n) is 8.91. The SMILES string of the molecule is CC(=O)OCC(=O)O[C@@H]1C[C@H](COC(C)=O)O[C@H](Oc2ccc(C(=O)OCc3ccccc3)cc2O)[C@H]1OC(C)=O. The predicted molar refractivity (Wildman–Crippen MR) is 136 cm³/mol. The van der Waals surface area contributed by atoms with Crippen molar-refractivity contribution in [1.82, 2.24) is 0 Å². The maximum Gasteiger partial charge on any atom is 0.344 e. The Labute approximate surface area is 235 Å². The van der Waals surface area contributed by atoms with Crippen LogP contribution in [0.15, 0.2) is 48.5 Å². The van der Waals surface area contributed by atoms with Crippen molar-refractivity contribution < 1.29 is 62.2 Å². The van der Waals surface area contributed by atoms with E-state index in [0.29, 0.717) is 0 Å². The third-order valence-electron chi connectivity index (χ3n) is 5.56. The summed E-state index contributed by atoms with van der Waals surface area (Å²) in [6, 6.07) is 12.8. The number of phenolic OH excluding ortho intramolecular Hbond substituents is 1. The van der Waals surface area contributed by atoms with Gasteiger partial charge in [0.2, 0.25) is 12.4 Å². The molecule has 3 rings (SSSR count). The summed E-state index contributed by atoms with van der Waals surface area (Å²) >= 11 is 0. The van der Waals surface area contributed by atoms with Crippen LogP contribution in [0.1, 0.15) is 43.1 Å². The van der Waals surface area contributed by atoms with E-state index in [2.05, 4.69) is 4.74 Å². The van der Waals surface area contributed by atoms with Crippen LogP contribution in [-0.4, -0.2) is 72.8 Å². The molecule has 13 nitrogen and oxygen atoms in total. The number of esters is 5. The van der Waals surface area contributed by atoms with Crippen molar-refractivity contribution >= 4 is 29.8 Å². The molecule has 0 aliphatic carbocycles. The first-order valence-electron chi connectivity index (χ1n) is 12.5. The highest BCUT2D eigenvalue weighted by molar-refractivity contribution is 5.90. The average molecular weight is 575 g/mol. The quantitative estimate of drug-likeness (QED) is 0.306. The van der Waals surface area contributed by atoms with Crippen LogP contribution >= 0.6 is 0 Å². The number of ether oxygens (including phenoxy) is 7. The van der Waals surface area contributed by atoms with Crippen molar-refractivity contribution in [3.05, 3.63) is 59.7 Å². The van der Waals surface area contributed by atoms with Gasteiger partial charge in [-0.05, 0) is 23.8 Å². The molecule has 1 N–H and O–H groups in total. The Morgan fingerprint density at radius 1 is 0.878 bits per heavy atom. The zero-order valence-electron chi connectivity index (χ0n) is 22.6. The molecule has 1 saturated heterocycles. The number of hydrogen-bond acceptors (Lipinski definition) is 13. The molecular formula is C28H30O13. The van der Waals surface area contributed by atoms with E-state index in [-0.39, 0.29) is 30.9 Å². The van der Waals surface area contributed by atoms with Crippen molar-refractivity contribution in [2.45, 2.75) is 58.4 Å².